The van der Waals surface area contributed by atoms with Gasteiger partial charge in [0, 0.05) is 19.6 Å². The molecule has 1 fully saturated rings. The molecule has 2 aliphatic heterocycles. The number of aliphatic imine (C=N–C) groups is 1. The number of hydrogen-bond donors (Lipinski definition) is 1. The van der Waals surface area contributed by atoms with Gasteiger partial charge in [-0.1, -0.05) is 24.4 Å². The molecule has 0 bridgehead atoms. The van der Waals surface area contributed by atoms with Crippen LogP contribution in [-0.4, -0.2) is 43.7 Å². The van der Waals surface area contributed by atoms with E-state index in [0.717, 1.165) is 30.8 Å². The van der Waals surface area contributed by atoms with Crippen molar-refractivity contribution in [3.63, 3.8) is 0 Å². The van der Waals surface area contributed by atoms with Crippen LogP contribution in [0.15, 0.2) is 17.1 Å². The van der Waals surface area contributed by atoms with Crippen LogP contribution in [0.25, 0.3) is 0 Å². The Hall–Kier alpha value is -0.890. The largest absolute Gasteiger partial charge is 0.486 e. The van der Waals surface area contributed by atoms with Gasteiger partial charge >= 0.3 is 0 Å². The quantitative estimate of drug-likeness (QED) is 0.422. The fourth-order valence-electron chi connectivity index (χ4n) is 3.01. The van der Waals surface area contributed by atoms with Crippen molar-refractivity contribution >= 4 is 41.5 Å². The van der Waals surface area contributed by atoms with Crippen molar-refractivity contribution in [3.05, 3.63) is 22.7 Å². The van der Waals surface area contributed by atoms with Crippen molar-refractivity contribution in [3.8, 4) is 11.5 Å². The average molecular weight is 466 g/mol. The fraction of sp³-hybridized carbons (Fsp3) is 0.588. The van der Waals surface area contributed by atoms with Gasteiger partial charge in [0.05, 0.1) is 5.02 Å². The lowest BCUT2D eigenvalue weighted by molar-refractivity contribution is 0.171. The number of likely N-dealkylation sites (tertiary alicyclic amines) is 1. The van der Waals surface area contributed by atoms with Crippen LogP contribution in [0.2, 0.25) is 5.02 Å². The van der Waals surface area contributed by atoms with Gasteiger partial charge in [0.1, 0.15) is 13.2 Å². The highest BCUT2D eigenvalue weighted by Crippen LogP contribution is 2.38. The van der Waals surface area contributed by atoms with E-state index in [4.69, 9.17) is 26.8 Å². The first-order valence-electron chi connectivity index (χ1n) is 8.37. The topological polar surface area (TPSA) is 60.1 Å². The van der Waals surface area contributed by atoms with Crippen molar-refractivity contribution in [2.45, 2.75) is 32.1 Å². The number of halogens is 2. The van der Waals surface area contributed by atoms with E-state index in [1.807, 2.05) is 12.1 Å². The van der Waals surface area contributed by atoms with E-state index >= 15 is 0 Å². The summed E-state index contributed by atoms with van der Waals surface area (Å²) >= 11 is 6.25. The van der Waals surface area contributed by atoms with E-state index in [0.29, 0.717) is 36.5 Å². The molecule has 2 N–H and O–H groups in total. The second-order valence-corrected chi connectivity index (χ2v) is 6.40. The minimum absolute atomic E-state index is 0. The second kappa shape index (κ2) is 9.56. The molecule has 0 amide bonds. The SMILES string of the molecule is I.NC(=NCCc1cc(Cl)c2c(c1)OCCO2)N1CCCCCC1. The second-order valence-electron chi connectivity index (χ2n) is 5.99. The van der Waals surface area contributed by atoms with Crippen molar-refractivity contribution in [1.82, 2.24) is 4.90 Å². The molecule has 2 heterocycles. The van der Waals surface area contributed by atoms with E-state index < -0.39 is 0 Å². The molecule has 134 valence electrons. The molecule has 0 saturated carbocycles. The minimum Gasteiger partial charge on any atom is -0.486 e. The molecule has 1 aromatic carbocycles. The first kappa shape index (κ1) is 19.4. The molecular formula is C17H25ClIN3O2. The Bertz CT molecular complexity index is 575. The van der Waals surface area contributed by atoms with Gasteiger partial charge in [0.2, 0.25) is 0 Å². The lowest BCUT2D eigenvalue weighted by Gasteiger charge is -2.21. The molecule has 24 heavy (non-hydrogen) atoms. The highest BCUT2D eigenvalue weighted by molar-refractivity contribution is 14.0. The number of rotatable bonds is 3. The summed E-state index contributed by atoms with van der Waals surface area (Å²) < 4.78 is 11.1. The van der Waals surface area contributed by atoms with Crippen LogP contribution in [0.1, 0.15) is 31.2 Å². The molecule has 0 radical (unpaired) electrons. The van der Waals surface area contributed by atoms with E-state index in [-0.39, 0.29) is 24.0 Å². The first-order chi connectivity index (χ1) is 11.2. The van der Waals surface area contributed by atoms with Crippen LogP contribution in [-0.2, 0) is 6.42 Å². The van der Waals surface area contributed by atoms with Crippen LogP contribution in [0.3, 0.4) is 0 Å². The molecule has 7 heteroatoms. The van der Waals surface area contributed by atoms with Gasteiger partial charge in [-0.25, -0.2) is 0 Å². The third kappa shape index (κ3) is 5.05. The van der Waals surface area contributed by atoms with E-state index in [2.05, 4.69) is 9.89 Å². The summed E-state index contributed by atoms with van der Waals surface area (Å²) in [4.78, 5) is 6.73. The molecule has 1 aromatic rings. The Kier molecular flexibility index (Phi) is 7.74. The molecular weight excluding hydrogens is 441 g/mol. The summed E-state index contributed by atoms with van der Waals surface area (Å²) in [6, 6.07) is 3.91. The Morgan fingerprint density at radius 1 is 1.12 bits per heavy atom. The summed E-state index contributed by atoms with van der Waals surface area (Å²) in [5.41, 5.74) is 7.22. The number of ether oxygens (including phenoxy) is 2. The maximum absolute atomic E-state index is 6.25. The molecule has 0 spiro atoms. The third-order valence-electron chi connectivity index (χ3n) is 4.26. The van der Waals surface area contributed by atoms with Crippen LogP contribution in [0, 0.1) is 0 Å². The van der Waals surface area contributed by atoms with Gasteiger partial charge < -0.3 is 20.1 Å². The van der Waals surface area contributed by atoms with Crippen molar-refractivity contribution in [1.29, 1.82) is 0 Å². The highest BCUT2D eigenvalue weighted by Gasteiger charge is 2.16. The van der Waals surface area contributed by atoms with E-state index in [1.165, 1.54) is 25.7 Å². The molecule has 0 atom stereocenters. The summed E-state index contributed by atoms with van der Waals surface area (Å²) in [6.07, 6.45) is 5.77. The summed E-state index contributed by atoms with van der Waals surface area (Å²) in [6.45, 7) is 3.80. The summed E-state index contributed by atoms with van der Waals surface area (Å²) in [7, 11) is 0. The zero-order valence-corrected chi connectivity index (χ0v) is 16.9. The lowest BCUT2D eigenvalue weighted by Crippen LogP contribution is -2.38. The number of guanidine groups is 1. The van der Waals surface area contributed by atoms with E-state index in [9.17, 15) is 0 Å². The van der Waals surface area contributed by atoms with Crippen LogP contribution in [0.5, 0.6) is 11.5 Å². The van der Waals surface area contributed by atoms with Gasteiger partial charge in [-0.05, 0) is 37.0 Å². The molecule has 3 rings (SSSR count). The maximum atomic E-state index is 6.25. The first-order valence-corrected chi connectivity index (χ1v) is 8.75. The minimum atomic E-state index is 0. The number of fused-ring (bicyclic) bond motifs is 1. The van der Waals surface area contributed by atoms with Crippen molar-refractivity contribution in [2.24, 2.45) is 10.7 Å². The standard InChI is InChI=1S/C17H24ClN3O2.HI/c18-14-11-13(12-15-16(14)23-10-9-22-15)5-6-20-17(19)21-7-3-1-2-4-8-21;/h11-12H,1-10H2,(H2,19,20);1H. The summed E-state index contributed by atoms with van der Waals surface area (Å²) in [5, 5.41) is 0.599. The lowest BCUT2D eigenvalue weighted by atomic mass is 10.1. The van der Waals surface area contributed by atoms with Crippen molar-refractivity contribution < 1.29 is 9.47 Å². The van der Waals surface area contributed by atoms with Gasteiger partial charge in [0.15, 0.2) is 17.5 Å². The molecule has 0 aromatic heterocycles. The van der Waals surface area contributed by atoms with Crippen LogP contribution in [0.4, 0.5) is 0 Å². The molecule has 0 unspecified atom stereocenters. The Balaban J connectivity index is 0.00000208. The number of nitrogens with two attached hydrogens (primary N) is 1. The smallest absolute Gasteiger partial charge is 0.191 e. The Morgan fingerprint density at radius 3 is 2.58 bits per heavy atom. The van der Waals surface area contributed by atoms with Crippen LogP contribution >= 0.6 is 35.6 Å². The average Bonchev–Trinajstić information content (AvgIpc) is 2.84. The van der Waals surface area contributed by atoms with Gasteiger partial charge in [-0.15, -0.1) is 24.0 Å². The summed E-state index contributed by atoms with van der Waals surface area (Å²) in [5.74, 6) is 2.04. The molecule has 0 aliphatic carbocycles. The highest BCUT2D eigenvalue weighted by atomic mass is 127. The van der Waals surface area contributed by atoms with Gasteiger partial charge in [-0.3, -0.25) is 4.99 Å². The zero-order valence-electron chi connectivity index (χ0n) is 13.8. The van der Waals surface area contributed by atoms with Gasteiger partial charge in [0.25, 0.3) is 0 Å². The number of nitrogens with zero attached hydrogens (tertiary/aromatic N) is 2. The number of hydrogen-bond acceptors (Lipinski definition) is 3. The van der Waals surface area contributed by atoms with E-state index in [1.54, 1.807) is 0 Å². The predicted octanol–water partition coefficient (Wildman–Crippen LogP) is 3.46. The predicted molar refractivity (Wildman–Crippen MR) is 108 cm³/mol. The Labute approximate surface area is 165 Å². The Morgan fingerprint density at radius 2 is 1.83 bits per heavy atom. The van der Waals surface area contributed by atoms with Crippen molar-refractivity contribution in [2.75, 3.05) is 32.8 Å². The molecule has 1 saturated heterocycles. The molecule has 2 aliphatic rings. The van der Waals surface area contributed by atoms with Crippen LogP contribution < -0.4 is 15.2 Å². The fourth-order valence-corrected chi connectivity index (χ4v) is 3.30. The van der Waals surface area contributed by atoms with Gasteiger partial charge in [-0.2, -0.15) is 0 Å². The maximum Gasteiger partial charge on any atom is 0.191 e. The monoisotopic (exact) mass is 465 g/mol. The normalized spacial score (nSPS) is 17.9. The number of benzene rings is 1. The zero-order chi connectivity index (χ0) is 16.1. The third-order valence-corrected chi connectivity index (χ3v) is 4.54. The molecule has 5 nitrogen and oxygen atoms in total.